The van der Waals surface area contributed by atoms with Crippen molar-refractivity contribution in [1.29, 1.82) is 5.26 Å². The minimum atomic E-state index is -0.982. The van der Waals surface area contributed by atoms with Crippen LogP contribution < -0.4 is 25.2 Å². The van der Waals surface area contributed by atoms with Crippen molar-refractivity contribution in [2.24, 2.45) is 5.92 Å². The fourth-order valence-corrected chi connectivity index (χ4v) is 8.32. The summed E-state index contributed by atoms with van der Waals surface area (Å²) in [5.41, 5.74) is 2.27. The first kappa shape index (κ1) is 36.4. The third-order valence-corrected chi connectivity index (χ3v) is 11.5. The Hall–Kier alpha value is -5.59. The van der Waals surface area contributed by atoms with Crippen molar-refractivity contribution < 1.29 is 28.7 Å². The molecule has 5 aliphatic rings. The standard InChI is InChI=1S/C39H40ClN9O6/c40-32-16-29(5-1-24(32)17-41)55-28-6-2-26(3-7-28)44-35(51)25-18-42-39(43-19-25)48-21-23(22-48)20-46-11-13-47(14-12-46)27-4-8-30-31(15-27)38(54)49(37(30)53)33-9-10-34(50)45-36(33)52/h1,4-5,8,15-16,18-19,23,26,28,33H,2-3,6-7,9-14,20-22H2,(H,44,51)(H,45,50,52). The number of benzene rings is 2. The van der Waals surface area contributed by atoms with Crippen molar-refractivity contribution in [3.05, 3.63) is 76.1 Å². The van der Waals surface area contributed by atoms with Crippen molar-refractivity contribution in [3.8, 4) is 11.8 Å². The monoisotopic (exact) mass is 765 g/mol. The number of carbonyl (C=O) groups excluding carboxylic acids is 5. The molecule has 0 radical (unpaired) electrons. The van der Waals surface area contributed by atoms with Gasteiger partial charge in [-0.3, -0.25) is 39.1 Å². The molecule has 0 spiro atoms. The number of nitrogens with zero attached hydrogens (tertiary/aromatic N) is 7. The molecule has 1 aliphatic carbocycles. The van der Waals surface area contributed by atoms with E-state index < -0.39 is 29.7 Å². The highest BCUT2D eigenvalue weighted by molar-refractivity contribution is 6.31. The van der Waals surface area contributed by atoms with Gasteiger partial charge in [0.25, 0.3) is 17.7 Å². The summed E-state index contributed by atoms with van der Waals surface area (Å²) in [6.45, 7) is 5.84. The number of aromatic nitrogens is 2. The summed E-state index contributed by atoms with van der Waals surface area (Å²) in [5.74, 6) is -0.495. The average molecular weight is 766 g/mol. The van der Waals surface area contributed by atoms with Gasteiger partial charge < -0.3 is 19.9 Å². The van der Waals surface area contributed by atoms with Crippen LogP contribution in [0.4, 0.5) is 11.6 Å². The second-order valence-corrected chi connectivity index (χ2v) is 15.2. The molecule has 284 valence electrons. The number of nitriles is 1. The van der Waals surface area contributed by atoms with Crippen LogP contribution in [0.15, 0.2) is 48.8 Å². The summed E-state index contributed by atoms with van der Waals surface area (Å²) in [6, 6.07) is 11.4. The smallest absolute Gasteiger partial charge is 0.262 e. The average Bonchev–Trinajstić information content (AvgIpc) is 3.42. The van der Waals surface area contributed by atoms with E-state index in [2.05, 4.69) is 35.3 Å². The summed E-state index contributed by atoms with van der Waals surface area (Å²) < 4.78 is 6.07. The van der Waals surface area contributed by atoms with Crippen molar-refractivity contribution in [2.45, 2.75) is 56.7 Å². The van der Waals surface area contributed by atoms with Crippen LogP contribution in [0.1, 0.15) is 75.2 Å². The lowest BCUT2D eigenvalue weighted by molar-refractivity contribution is -0.136. The maximum Gasteiger partial charge on any atom is 0.262 e. The highest BCUT2D eigenvalue weighted by Gasteiger charge is 2.45. The van der Waals surface area contributed by atoms with Gasteiger partial charge in [0.1, 0.15) is 17.9 Å². The van der Waals surface area contributed by atoms with Gasteiger partial charge in [-0.2, -0.15) is 5.26 Å². The third-order valence-electron chi connectivity index (χ3n) is 11.2. The number of hydrogen-bond acceptors (Lipinski definition) is 12. The van der Waals surface area contributed by atoms with Crippen LogP contribution in [-0.2, 0) is 9.59 Å². The molecule has 8 rings (SSSR count). The van der Waals surface area contributed by atoms with Gasteiger partial charge in [-0.15, -0.1) is 0 Å². The Morgan fingerprint density at radius 2 is 1.64 bits per heavy atom. The van der Waals surface area contributed by atoms with Gasteiger partial charge in [-0.1, -0.05) is 11.6 Å². The zero-order valence-corrected chi connectivity index (χ0v) is 30.8. The predicted molar refractivity (Wildman–Crippen MR) is 200 cm³/mol. The van der Waals surface area contributed by atoms with E-state index in [9.17, 15) is 24.0 Å². The van der Waals surface area contributed by atoms with Gasteiger partial charge in [0.15, 0.2) is 0 Å². The molecule has 1 saturated carbocycles. The molecule has 3 saturated heterocycles. The van der Waals surface area contributed by atoms with E-state index in [4.69, 9.17) is 21.6 Å². The van der Waals surface area contributed by atoms with Crippen molar-refractivity contribution in [1.82, 2.24) is 30.4 Å². The summed E-state index contributed by atoms with van der Waals surface area (Å²) in [5, 5.41) is 14.8. The Bertz CT molecular complexity index is 2070. The highest BCUT2D eigenvalue weighted by Crippen LogP contribution is 2.32. The second-order valence-electron chi connectivity index (χ2n) is 14.8. The van der Waals surface area contributed by atoms with Crippen LogP contribution in [0.5, 0.6) is 5.75 Å². The van der Waals surface area contributed by atoms with Crippen LogP contribution in [0, 0.1) is 17.2 Å². The summed E-state index contributed by atoms with van der Waals surface area (Å²) in [4.78, 5) is 80.0. The lowest BCUT2D eigenvalue weighted by Gasteiger charge is -2.44. The maximum atomic E-state index is 13.3. The van der Waals surface area contributed by atoms with Crippen molar-refractivity contribution >= 4 is 52.8 Å². The lowest BCUT2D eigenvalue weighted by Crippen LogP contribution is -2.55. The topological polar surface area (TPSA) is 181 Å². The summed E-state index contributed by atoms with van der Waals surface area (Å²) in [7, 11) is 0. The number of imide groups is 2. The molecule has 55 heavy (non-hydrogen) atoms. The van der Waals surface area contributed by atoms with Crippen LogP contribution in [0.25, 0.3) is 0 Å². The molecule has 15 nitrogen and oxygen atoms in total. The molecular formula is C39H40ClN9O6. The van der Waals surface area contributed by atoms with E-state index in [1.165, 1.54) is 0 Å². The van der Waals surface area contributed by atoms with Crippen molar-refractivity contribution in [2.75, 3.05) is 55.6 Å². The quantitative estimate of drug-likeness (QED) is 0.305. The number of fused-ring (bicyclic) bond motifs is 1. The van der Waals surface area contributed by atoms with E-state index in [-0.39, 0.29) is 42.0 Å². The largest absolute Gasteiger partial charge is 0.490 e. The van der Waals surface area contributed by atoms with Crippen LogP contribution in [-0.4, -0.2) is 113 Å². The normalized spacial score (nSPS) is 23.2. The number of hydrogen-bond donors (Lipinski definition) is 2. The van der Waals surface area contributed by atoms with Gasteiger partial charge in [-0.05, 0) is 62.4 Å². The number of nitrogens with one attached hydrogen (secondary N) is 2. The fourth-order valence-electron chi connectivity index (χ4n) is 8.11. The number of carbonyl (C=O) groups is 5. The molecule has 2 N–H and O–H groups in total. The Kier molecular flexibility index (Phi) is 10.1. The molecule has 3 aromatic rings. The first-order chi connectivity index (χ1) is 26.6. The zero-order valence-electron chi connectivity index (χ0n) is 30.1. The predicted octanol–water partition coefficient (Wildman–Crippen LogP) is 2.78. The van der Waals surface area contributed by atoms with Gasteiger partial charge in [0.2, 0.25) is 17.8 Å². The number of amides is 5. The first-order valence-corrected chi connectivity index (χ1v) is 19.1. The minimum absolute atomic E-state index is 0.0188. The van der Waals surface area contributed by atoms with Crippen LogP contribution in [0.2, 0.25) is 5.02 Å². The number of halogens is 1. The maximum absolute atomic E-state index is 13.3. The fraction of sp³-hybridized carbons (Fsp3) is 0.436. The number of anilines is 2. The molecule has 1 unspecified atom stereocenters. The lowest BCUT2D eigenvalue weighted by atomic mass is 9.92. The summed E-state index contributed by atoms with van der Waals surface area (Å²) in [6.07, 6.45) is 6.55. The van der Waals surface area contributed by atoms with E-state index in [1.807, 2.05) is 12.1 Å². The first-order valence-electron chi connectivity index (χ1n) is 18.7. The van der Waals surface area contributed by atoms with E-state index in [0.29, 0.717) is 33.8 Å². The summed E-state index contributed by atoms with van der Waals surface area (Å²) >= 11 is 6.13. The van der Waals surface area contributed by atoms with Gasteiger partial charge in [0.05, 0.1) is 33.4 Å². The number of rotatable bonds is 9. The molecule has 4 fully saturated rings. The zero-order chi connectivity index (χ0) is 38.2. The molecule has 5 amide bonds. The molecule has 5 heterocycles. The molecule has 2 aromatic carbocycles. The van der Waals surface area contributed by atoms with E-state index in [1.54, 1.807) is 42.7 Å². The van der Waals surface area contributed by atoms with Gasteiger partial charge >= 0.3 is 0 Å². The number of ether oxygens (including phenoxy) is 1. The van der Waals surface area contributed by atoms with Crippen LogP contribution >= 0.6 is 11.6 Å². The second kappa shape index (κ2) is 15.3. The molecule has 0 bridgehead atoms. The molecule has 4 aliphatic heterocycles. The Morgan fingerprint density at radius 3 is 2.33 bits per heavy atom. The molecule has 1 aromatic heterocycles. The Labute approximate surface area is 322 Å². The van der Waals surface area contributed by atoms with Gasteiger partial charge in [0, 0.05) is 88.3 Å². The van der Waals surface area contributed by atoms with E-state index >= 15 is 0 Å². The Morgan fingerprint density at radius 1 is 0.909 bits per heavy atom. The number of piperazine rings is 1. The minimum Gasteiger partial charge on any atom is -0.490 e. The highest BCUT2D eigenvalue weighted by atomic mass is 35.5. The molecule has 16 heteroatoms. The third kappa shape index (κ3) is 7.56. The van der Waals surface area contributed by atoms with Crippen LogP contribution in [0.3, 0.4) is 0 Å². The molecular weight excluding hydrogens is 726 g/mol. The molecule has 1 atom stereocenters. The van der Waals surface area contributed by atoms with E-state index in [0.717, 1.165) is 82.1 Å². The van der Waals surface area contributed by atoms with Gasteiger partial charge in [-0.25, -0.2) is 9.97 Å². The Balaban J connectivity index is 0.754. The SMILES string of the molecule is N#Cc1ccc(OC2CCC(NC(=O)c3cnc(N4CC(CN5CCN(c6ccc7c(c6)C(=O)N(C6CCC(=O)NC6=O)C7=O)CC5)C4)nc3)CC2)cc1Cl. The van der Waals surface area contributed by atoms with Crippen molar-refractivity contribution in [3.63, 3.8) is 0 Å². The number of piperidine rings is 1.